The van der Waals surface area contributed by atoms with Crippen LogP contribution in [-0.4, -0.2) is 12.9 Å². The molecule has 0 N–H and O–H groups in total. The molecular weight excluding hydrogens is 224 g/mol. The quantitative estimate of drug-likeness (QED) is 0.787. The summed E-state index contributed by atoms with van der Waals surface area (Å²) >= 11 is 6.06. The third-order valence-corrected chi connectivity index (χ3v) is 2.94. The maximum atomic E-state index is 10.9. The Morgan fingerprint density at radius 1 is 1.44 bits per heavy atom. The van der Waals surface area contributed by atoms with Gasteiger partial charge in [0.15, 0.2) is 0 Å². The van der Waals surface area contributed by atoms with E-state index in [2.05, 4.69) is 0 Å². The highest BCUT2D eigenvalue weighted by Gasteiger charge is 2.07. The molecule has 0 aromatic heterocycles. The van der Waals surface area contributed by atoms with Crippen molar-refractivity contribution in [2.24, 2.45) is 0 Å². The van der Waals surface area contributed by atoms with Crippen LogP contribution in [0.25, 0.3) is 0 Å². The smallest absolute Gasteiger partial charge is 0.129 e. The summed E-state index contributed by atoms with van der Waals surface area (Å²) in [7, 11) is 1.65. The van der Waals surface area contributed by atoms with Crippen molar-refractivity contribution in [2.75, 3.05) is 7.11 Å². The van der Waals surface area contributed by atoms with Gasteiger partial charge in [0.2, 0.25) is 0 Å². The molecule has 3 heteroatoms. The molecule has 1 rings (SSSR count). The van der Waals surface area contributed by atoms with Gasteiger partial charge in [-0.15, -0.1) is 0 Å². The Labute approximate surface area is 102 Å². The second-order valence-corrected chi connectivity index (χ2v) is 4.38. The van der Waals surface area contributed by atoms with Crippen molar-refractivity contribution < 1.29 is 9.53 Å². The molecule has 0 saturated heterocycles. The van der Waals surface area contributed by atoms with Gasteiger partial charge in [-0.2, -0.15) is 0 Å². The van der Waals surface area contributed by atoms with Crippen LogP contribution in [-0.2, 0) is 11.2 Å². The lowest BCUT2D eigenvalue weighted by Crippen LogP contribution is -1.96. The molecular formula is C13H17ClO2. The number of methoxy groups -OCH3 is 1. The van der Waals surface area contributed by atoms with E-state index in [1.165, 1.54) is 0 Å². The maximum Gasteiger partial charge on any atom is 0.129 e. The first-order valence-electron chi connectivity index (χ1n) is 5.37. The van der Waals surface area contributed by atoms with Gasteiger partial charge < -0.3 is 9.53 Å². The predicted octanol–water partition coefficient (Wildman–Crippen LogP) is 3.57. The minimum absolute atomic E-state index is 0.220. The predicted molar refractivity (Wildman–Crippen MR) is 66.4 cm³/mol. The molecule has 0 aliphatic rings. The number of hydrogen-bond acceptors (Lipinski definition) is 2. The molecule has 0 saturated carbocycles. The zero-order chi connectivity index (χ0) is 12.1. The Balaban J connectivity index is 2.77. The van der Waals surface area contributed by atoms with Gasteiger partial charge in [-0.25, -0.2) is 0 Å². The van der Waals surface area contributed by atoms with Crippen molar-refractivity contribution in [3.8, 4) is 5.75 Å². The molecule has 0 radical (unpaired) electrons. The van der Waals surface area contributed by atoms with Crippen LogP contribution >= 0.6 is 11.6 Å². The van der Waals surface area contributed by atoms with Crippen molar-refractivity contribution in [1.82, 2.24) is 0 Å². The maximum absolute atomic E-state index is 10.9. The number of hydrogen-bond donors (Lipinski definition) is 0. The Bertz CT molecular complexity index is 386. The van der Waals surface area contributed by atoms with Crippen molar-refractivity contribution in [3.63, 3.8) is 0 Å². The normalized spacial score (nSPS) is 10.2. The van der Waals surface area contributed by atoms with Gasteiger partial charge in [-0.05, 0) is 49.9 Å². The molecule has 1 aromatic rings. The van der Waals surface area contributed by atoms with Crippen molar-refractivity contribution >= 4 is 17.4 Å². The van der Waals surface area contributed by atoms with E-state index in [1.807, 2.05) is 19.1 Å². The molecule has 0 fully saturated rings. The van der Waals surface area contributed by atoms with Crippen LogP contribution in [0.1, 0.15) is 30.9 Å². The van der Waals surface area contributed by atoms with Crippen LogP contribution in [0.2, 0.25) is 5.02 Å². The van der Waals surface area contributed by atoms with E-state index < -0.39 is 0 Å². The third-order valence-electron chi connectivity index (χ3n) is 2.54. The highest BCUT2D eigenvalue weighted by Crippen LogP contribution is 2.27. The van der Waals surface area contributed by atoms with Gasteiger partial charge in [0.25, 0.3) is 0 Å². The summed E-state index contributed by atoms with van der Waals surface area (Å²) in [5.74, 6) is 1.07. The molecule has 0 unspecified atom stereocenters. The van der Waals surface area contributed by atoms with E-state index in [9.17, 15) is 4.79 Å². The molecule has 0 aliphatic carbocycles. The summed E-state index contributed by atoms with van der Waals surface area (Å²) < 4.78 is 5.30. The highest BCUT2D eigenvalue weighted by atomic mass is 35.5. The summed E-state index contributed by atoms with van der Waals surface area (Å²) in [6.07, 6.45) is 2.27. The largest absolute Gasteiger partial charge is 0.496 e. The summed E-state index contributed by atoms with van der Waals surface area (Å²) in [5.41, 5.74) is 2.08. The van der Waals surface area contributed by atoms with Crippen LogP contribution < -0.4 is 4.74 Å². The molecule has 2 nitrogen and oxygen atoms in total. The fourth-order valence-electron chi connectivity index (χ4n) is 1.61. The lowest BCUT2D eigenvalue weighted by molar-refractivity contribution is -0.117. The molecule has 0 spiro atoms. The molecule has 0 aliphatic heterocycles. The summed E-state index contributed by atoms with van der Waals surface area (Å²) in [5, 5.41) is 0.749. The van der Waals surface area contributed by atoms with Crippen LogP contribution in [0.4, 0.5) is 0 Å². The number of ketones is 1. The minimum Gasteiger partial charge on any atom is -0.496 e. The van der Waals surface area contributed by atoms with Gasteiger partial charge in [-0.3, -0.25) is 0 Å². The molecule has 0 amide bonds. The number of ether oxygens (including phenoxy) is 1. The van der Waals surface area contributed by atoms with Crippen LogP contribution in [0, 0.1) is 6.92 Å². The molecule has 0 bridgehead atoms. The van der Waals surface area contributed by atoms with Gasteiger partial charge in [0, 0.05) is 11.4 Å². The molecule has 16 heavy (non-hydrogen) atoms. The Morgan fingerprint density at radius 3 is 2.69 bits per heavy atom. The Morgan fingerprint density at radius 2 is 2.12 bits per heavy atom. The fraction of sp³-hybridized carbons (Fsp3) is 0.462. The van der Waals surface area contributed by atoms with Gasteiger partial charge in [0.1, 0.15) is 11.5 Å². The zero-order valence-corrected chi connectivity index (χ0v) is 10.7. The fourth-order valence-corrected chi connectivity index (χ4v) is 1.80. The third kappa shape index (κ3) is 3.53. The second-order valence-electron chi connectivity index (χ2n) is 3.97. The molecule has 0 heterocycles. The standard InChI is InChI=1S/C13H17ClO2/c1-9-7-13(16-3)11(8-12(9)14)6-4-5-10(2)15/h7-8H,4-6H2,1-3H3. The first-order chi connectivity index (χ1) is 7.54. The average molecular weight is 241 g/mol. The van der Waals surface area contributed by atoms with Crippen LogP contribution in [0.15, 0.2) is 12.1 Å². The van der Waals surface area contributed by atoms with E-state index in [0.29, 0.717) is 6.42 Å². The van der Waals surface area contributed by atoms with E-state index >= 15 is 0 Å². The lowest BCUT2D eigenvalue weighted by Gasteiger charge is -2.10. The number of benzene rings is 1. The number of carbonyl (C=O) groups is 1. The summed E-state index contributed by atoms with van der Waals surface area (Å²) in [6.45, 7) is 3.56. The van der Waals surface area contributed by atoms with Crippen molar-refractivity contribution in [1.29, 1.82) is 0 Å². The number of Topliss-reactive ketones (excluding diaryl/α,β-unsaturated/α-hetero) is 1. The van der Waals surface area contributed by atoms with Gasteiger partial charge >= 0.3 is 0 Å². The molecule has 1 aromatic carbocycles. The number of rotatable bonds is 5. The van der Waals surface area contributed by atoms with Crippen LogP contribution in [0.3, 0.4) is 0 Å². The SMILES string of the molecule is COc1cc(C)c(Cl)cc1CCCC(C)=O. The Kier molecular flexibility index (Phi) is 4.81. The first kappa shape index (κ1) is 13.0. The van der Waals surface area contributed by atoms with E-state index in [4.69, 9.17) is 16.3 Å². The van der Waals surface area contributed by atoms with Gasteiger partial charge in [0.05, 0.1) is 7.11 Å². The van der Waals surface area contributed by atoms with Gasteiger partial charge in [-0.1, -0.05) is 11.6 Å². The number of carbonyl (C=O) groups excluding carboxylic acids is 1. The number of aryl methyl sites for hydroxylation is 2. The van der Waals surface area contributed by atoms with Crippen LogP contribution in [0.5, 0.6) is 5.75 Å². The van der Waals surface area contributed by atoms with E-state index in [-0.39, 0.29) is 5.78 Å². The molecule has 0 atom stereocenters. The lowest BCUT2D eigenvalue weighted by atomic mass is 10.0. The van der Waals surface area contributed by atoms with E-state index in [0.717, 1.165) is 34.7 Å². The van der Waals surface area contributed by atoms with Crippen molar-refractivity contribution in [2.45, 2.75) is 33.1 Å². The molecule has 88 valence electrons. The second kappa shape index (κ2) is 5.90. The number of halogens is 1. The topological polar surface area (TPSA) is 26.3 Å². The summed E-state index contributed by atoms with van der Waals surface area (Å²) in [6, 6.07) is 3.86. The Hall–Kier alpha value is -1.02. The first-order valence-corrected chi connectivity index (χ1v) is 5.75. The van der Waals surface area contributed by atoms with Crippen molar-refractivity contribution in [3.05, 3.63) is 28.3 Å². The highest BCUT2D eigenvalue weighted by molar-refractivity contribution is 6.31. The zero-order valence-electron chi connectivity index (χ0n) is 9.97. The summed E-state index contributed by atoms with van der Waals surface area (Å²) in [4.78, 5) is 10.9. The minimum atomic E-state index is 0.220. The average Bonchev–Trinajstić information content (AvgIpc) is 2.22. The monoisotopic (exact) mass is 240 g/mol. The van der Waals surface area contributed by atoms with E-state index in [1.54, 1.807) is 14.0 Å².